The van der Waals surface area contributed by atoms with Crippen molar-refractivity contribution in [3.63, 3.8) is 0 Å². The molecule has 1 aromatic carbocycles. The number of carbonyl (C=O) groups excluding carboxylic acids is 1. The molecule has 1 atom stereocenters. The van der Waals surface area contributed by atoms with Crippen molar-refractivity contribution >= 4 is 17.1 Å². The molecule has 10 heteroatoms. The van der Waals surface area contributed by atoms with E-state index in [-0.39, 0.29) is 17.8 Å². The quantitative estimate of drug-likeness (QED) is 0.436. The first kappa shape index (κ1) is 22.2. The molecule has 3 aromatic heterocycles. The maximum absolute atomic E-state index is 12.0. The molecule has 170 valence electrons. The number of hydrogen-bond acceptors (Lipinski definition) is 8. The van der Waals surface area contributed by atoms with E-state index in [2.05, 4.69) is 24.9 Å². The highest BCUT2D eigenvalue weighted by Crippen LogP contribution is 2.32. The number of fused-ring (bicyclic) bond motifs is 1. The van der Waals surface area contributed by atoms with Crippen LogP contribution in [0.3, 0.4) is 0 Å². The zero-order valence-corrected chi connectivity index (χ0v) is 18.8. The molecule has 0 fully saturated rings. The predicted molar refractivity (Wildman–Crippen MR) is 121 cm³/mol. The van der Waals surface area contributed by atoms with Gasteiger partial charge in [-0.05, 0) is 31.2 Å². The van der Waals surface area contributed by atoms with Crippen molar-refractivity contribution in [2.45, 2.75) is 13.0 Å². The summed E-state index contributed by atoms with van der Waals surface area (Å²) in [7, 11) is 4.90. The first-order valence-electron chi connectivity index (χ1n) is 10.3. The first-order valence-corrected chi connectivity index (χ1v) is 10.3. The SMILES string of the molecule is COC[C@H](C)Oc1cc(Oc2cnc(C(=O)N(C)C)nc2)cc(-c2nc3cccnc3[nH]2)c1. The van der Waals surface area contributed by atoms with E-state index in [4.69, 9.17) is 14.2 Å². The Balaban J connectivity index is 1.66. The fourth-order valence-electron chi connectivity index (χ4n) is 3.13. The summed E-state index contributed by atoms with van der Waals surface area (Å²) in [4.78, 5) is 33.7. The Morgan fingerprint density at radius 1 is 1.09 bits per heavy atom. The van der Waals surface area contributed by atoms with Crippen LogP contribution >= 0.6 is 0 Å². The van der Waals surface area contributed by atoms with Crippen LogP contribution in [0.5, 0.6) is 17.2 Å². The molecule has 10 nitrogen and oxygen atoms in total. The molecule has 4 aromatic rings. The number of imidazole rings is 1. The lowest BCUT2D eigenvalue weighted by Crippen LogP contribution is -2.23. The highest BCUT2D eigenvalue weighted by atomic mass is 16.5. The van der Waals surface area contributed by atoms with Gasteiger partial charge in [-0.15, -0.1) is 0 Å². The smallest absolute Gasteiger partial charge is 0.291 e. The van der Waals surface area contributed by atoms with Gasteiger partial charge in [0.15, 0.2) is 11.4 Å². The number of amides is 1. The van der Waals surface area contributed by atoms with Gasteiger partial charge in [-0.25, -0.2) is 19.9 Å². The van der Waals surface area contributed by atoms with Crippen molar-refractivity contribution < 1.29 is 19.0 Å². The van der Waals surface area contributed by atoms with Gasteiger partial charge in [0, 0.05) is 39.0 Å². The van der Waals surface area contributed by atoms with Crippen molar-refractivity contribution in [1.29, 1.82) is 0 Å². The minimum absolute atomic E-state index is 0.0910. The van der Waals surface area contributed by atoms with E-state index in [1.54, 1.807) is 33.5 Å². The lowest BCUT2D eigenvalue weighted by atomic mass is 10.2. The number of aromatic nitrogens is 5. The van der Waals surface area contributed by atoms with Gasteiger partial charge in [0.05, 0.1) is 19.0 Å². The second-order valence-corrected chi connectivity index (χ2v) is 7.58. The third kappa shape index (κ3) is 5.24. The number of nitrogens with zero attached hydrogens (tertiary/aromatic N) is 5. The standard InChI is InChI=1S/C23H24N6O4/c1-14(13-31-4)32-16-8-15(20-27-19-6-5-7-24-21(19)28-20)9-17(10-16)33-18-11-25-22(26-12-18)23(30)29(2)3/h5-12,14H,13H2,1-4H3,(H,24,27,28)/t14-/m0/s1. The minimum atomic E-state index is -0.287. The summed E-state index contributed by atoms with van der Waals surface area (Å²) in [5.41, 5.74) is 2.19. The fraction of sp³-hybridized carbons (Fsp3) is 0.261. The van der Waals surface area contributed by atoms with E-state index in [1.165, 1.54) is 17.3 Å². The fourth-order valence-corrected chi connectivity index (χ4v) is 3.13. The highest BCUT2D eigenvalue weighted by molar-refractivity contribution is 5.90. The van der Waals surface area contributed by atoms with E-state index in [1.807, 2.05) is 31.2 Å². The molecule has 33 heavy (non-hydrogen) atoms. The van der Waals surface area contributed by atoms with E-state index < -0.39 is 0 Å². The van der Waals surface area contributed by atoms with Gasteiger partial charge in [0.2, 0.25) is 5.82 Å². The average Bonchev–Trinajstić information content (AvgIpc) is 3.23. The minimum Gasteiger partial charge on any atom is -0.488 e. The number of methoxy groups -OCH3 is 1. The van der Waals surface area contributed by atoms with E-state index in [0.29, 0.717) is 35.3 Å². The maximum atomic E-state index is 12.0. The summed E-state index contributed by atoms with van der Waals surface area (Å²) in [6.45, 7) is 2.35. The summed E-state index contributed by atoms with van der Waals surface area (Å²) < 4.78 is 17.1. The molecule has 0 bridgehead atoms. The number of ether oxygens (including phenoxy) is 3. The number of benzene rings is 1. The molecule has 3 heterocycles. The summed E-state index contributed by atoms with van der Waals surface area (Å²) in [6, 6.07) is 9.17. The maximum Gasteiger partial charge on any atom is 0.291 e. The van der Waals surface area contributed by atoms with Gasteiger partial charge in [-0.3, -0.25) is 4.79 Å². The Hall–Kier alpha value is -4.05. The number of rotatable bonds is 8. The second kappa shape index (κ2) is 9.61. The molecule has 0 aliphatic rings. The van der Waals surface area contributed by atoms with E-state index in [0.717, 1.165) is 11.1 Å². The Labute approximate surface area is 190 Å². The van der Waals surface area contributed by atoms with Crippen molar-refractivity contribution in [3.05, 3.63) is 54.7 Å². The number of H-pyrrole nitrogens is 1. The largest absolute Gasteiger partial charge is 0.488 e. The molecule has 0 aliphatic carbocycles. The van der Waals surface area contributed by atoms with E-state index in [9.17, 15) is 4.79 Å². The number of nitrogens with one attached hydrogen (secondary N) is 1. The van der Waals surface area contributed by atoms with Gasteiger partial charge < -0.3 is 24.1 Å². The van der Waals surface area contributed by atoms with Gasteiger partial charge in [0.25, 0.3) is 5.91 Å². The monoisotopic (exact) mass is 448 g/mol. The molecule has 1 N–H and O–H groups in total. The summed E-state index contributed by atoms with van der Waals surface area (Å²) in [5.74, 6) is 1.89. The predicted octanol–water partition coefficient (Wildman–Crippen LogP) is 3.32. The van der Waals surface area contributed by atoms with Crippen LogP contribution in [-0.2, 0) is 4.74 Å². The summed E-state index contributed by atoms with van der Waals surface area (Å²) >= 11 is 0. The van der Waals surface area contributed by atoms with Crippen molar-refractivity contribution in [2.24, 2.45) is 0 Å². The number of carbonyl (C=O) groups is 1. The zero-order valence-electron chi connectivity index (χ0n) is 18.8. The molecule has 0 unspecified atom stereocenters. The molecule has 0 aliphatic heterocycles. The molecule has 1 amide bonds. The number of pyridine rings is 1. The zero-order chi connectivity index (χ0) is 23.4. The summed E-state index contributed by atoms with van der Waals surface area (Å²) in [5, 5.41) is 0. The van der Waals surface area contributed by atoms with Gasteiger partial charge >= 0.3 is 0 Å². The topological polar surface area (TPSA) is 115 Å². The Morgan fingerprint density at radius 3 is 2.55 bits per heavy atom. The van der Waals surface area contributed by atoms with Crippen LogP contribution in [0.15, 0.2) is 48.9 Å². The van der Waals surface area contributed by atoms with E-state index >= 15 is 0 Å². The van der Waals surface area contributed by atoms with Gasteiger partial charge in [-0.2, -0.15) is 0 Å². The molecule has 0 saturated carbocycles. The second-order valence-electron chi connectivity index (χ2n) is 7.58. The van der Waals surface area contributed by atoms with Crippen LogP contribution in [0.4, 0.5) is 0 Å². The van der Waals surface area contributed by atoms with Crippen molar-refractivity contribution in [3.8, 4) is 28.6 Å². The Morgan fingerprint density at radius 2 is 1.85 bits per heavy atom. The Bertz CT molecular complexity index is 1220. The molecule has 0 radical (unpaired) electrons. The van der Waals surface area contributed by atoms with Gasteiger partial charge in [0.1, 0.15) is 28.9 Å². The third-order valence-corrected chi connectivity index (χ3v) is 4.61. The van der Waals surface area contributed by atoms with Crippen LogP contribution in [0.1, 0.15) is 17.5 Å². The average molecular weight is 448 g/mol. The van der Waals surface area contributed by atoms with Crippen molar-refractivity contribution in [2.75, 3.05) is 27.8 Å². The van der Waals surface area contributed by atoms with Gasteiger partial charge in [-0.1, -0.05) is 0 Å². The molecular weight excluding hydrogens is 424 g/mol. The van der Waals surface area contributed by atoms with Crippen LogP contribution in [0, 0.1) is 0 Å². The third-order valence-electron chi connectivity index (χ3n) is 4.61. The molecule has 0 spiro atoms. The summed E-state index contributed by atoms with van der Waals surface area (Å²) in [6.07, 6.45) is 4.44. The van der Waals surface area contributed by atoms with Crippen molar-refractivity contribution in [1.82, 2.24) is 29.8 Å². The lowest BCUT2D eigenvalue weighted by Gasteiger charge is -2.16. The van der Waals surface area contributed by atoms with Crippen LogP contribution in [-0.4, -0.2) is 69.6 Å². The number of hydrogen-bond donors (Lipinski definition) is 1. The molecule has 0 saturated heterocycles. The Kier molecular flexibility index (Phi) is 6.45. The molecular formula is C23H24N6O4. The highest BCUT2D eigenvalue weighted by Gasteiger charge is 2.14. The van der Waals surface area contributed by atoms with Crippen LogP contribution in [0.25, 0.3) is 22.6 Å². The number of aromatic amines is 1. The lowest BCUT2D eigenvalue weighted by molar-refractivity contribution is 0.0815. The first-order chi connectivity index (χ1) is 15.9. The molecule has 4 rings (SSSR count). The normalized spacial score (nSPS) is 11.9. The van der Waals surface area contributed by atoms with Crippen LogP contribution in [0.2, 0.25) is 0 Å². The van der Waals surface area contributed by atoms with Crippen LogP contribution < -0.4 is 9.47 Å².